The molecule has 2 aliphatic rings. The summed E-state index contributed by atoms with van der Waals surface area (Å²) < 4.78 is 5.61. The molecule has 0 spiro atoms. The van der Waals surface area contributed by atoms with E-state index in [0.29, 0.717) is 23.6 Å². The van der Waals surface area contributed by atoms with E-state index in [1.165, 1.54) is 5.56 Å². The van der Waals surface area contributed by atoms with Gasteiger partial charge in [-0.15, -0.1) is 0 Å². The smallest absolute Gasteiger partial charge is 0.414 e. The molecule has 160 valence electrons. The molecular formula is C25H23N5O2. The second-order valence-electron chi connectivity index (χ2n) is 8.47. The Morgan fingerprint density at radius 1 is 1.03 bits per heavy atom. The van der Waals surface area contributed by atoms with Gasteiger partial charge in [-0.05, 0) is 79.9 Å². The number of carbonyl (C=O) groups is 1. The van der Waals surface area contributed by atoms with Crippen LogP contribution in [0.1, 0.15) is 35.4 Å². The van der Waals surface area contributed by atoms with Gasteiger partial charge >= 0.3 is 6.09 Å². The molecule has 2 aromatic carbocycles. The number of ether oxygens (including phenoxy) is 1. The van der Waals surface area contributed by atoms with Crippen LogP contribution in [0.15, 0.2) is 48.7 Å². The summed E-state index contributed by atoms with van der Waals surface area (Å²) in [5.41, 5.74) is 4.37. The lowest BCUT2D eigenvalue weighted by Gasteiger charge is -2.32. The van der Waals surface area contributed by atoms with Crippen LogP contribution in [0, 0.1) is 22.7 Å². The van der Waals surface area contributed by atoms with E-state index in [0.717, 1.165) is 49.1 Å². The summed E-state index contributed by atoms with van der Waals surface area (Å²) >= 11 is 0. The Kier molecular flexibility index (Phi) is 5.26. The predicted molar refractivity (Wildman–Crippen MR) is 120 cm³/mol. The third-order valence-electron chi connectivity index (χ3n) is 6.51. The van der Waals surface area contributed by atoms with Crippen molar-refractivity contribution in [2.24, 2.45) is 0 Å². The fraction of sp³-hybridized carbons (Fsp3) is 0.320. The third kappa shape index (κ3) is 3.79. The van der Waals surface area contributed by atoms with Crippen LogP contribution >= 0.6 is 0 Å². The lowest BCUT2D eigenvalue weighted by Crippen LogP contribution is -2.39. The van der Waals surface area contributed by atoms with Crippen LogP contribution < -0.4 is 4.90 Å². The number of nitriles is 2. The number of amides is 1. The summed E-state index contributed by atoms with van der Waals surface area (Å²) in [4.78, 5) is 19.7. The normalized spacial score (nSPS) is 19.6. The van der Waals surface area contributed by atoms with Crippen LogP contribution in [-0.4, -0.2) is 48.3 Å². The number of aromatic amines is 1. The van der Waals surface area contributed by atoms with E-state index in [4.69, 9.17) is 10.00 Å². The van der Waals surface area contributed by atoms with Crippen molar-refractivity contribution >= 4 is 22.7 Å². The molecule has 0 bridgehead atoms. The minimum atomic E-state index is -0.332. The second-order valence-corrected chi connectivity index (χ2v) is 8.47. The average Bonchev–Trinajstić information content (AvgIpc) is 3.42. The quantitative estimate of drug-likeness (QED) is 0.678. The highest BCUT2D eigenvalue weighted by Crippen LogP contribution is 2.34. The predicted octanol–water partition coefficient (Wildman–Crippen LogP) is 4.12. The van der Waals surface area contributed by atoms with Crippen molar-refractivity contribution in [1.29, 1.82) is 10.5 Å². The van der Waals surface area contributed by atoms with Gasteiger partial charge in [-0.3, -0.25) is 9.80 Å². The van der Waals surface area contributed by atoms with Gasteiger partial charge in [0, 0.05) is 29.3 Å². The van der Waals surface area contributed by atoms with Gasteiger partial charge in [0.25, 0.3) is 0 Å². The van der Waals surface area contributed by atoms with E-state index in [9.17, 15) is 10.1 Å². The Labute approximate surface area is 186 Å². The number of benzene rings is 2. The van der Waals surface area contributed by atoms with Crippen LogP contribution in [-0.2, 0) is 4.74 Å². The Morgan fingerprint density at radius 2 is 1.75 bits per heavy atom. The molecule has 1 aromatic heterocycles. The van der Waals surface area contributed by atoms with Gasteiger partial charge in [-0.2, -0.15) is 10.5 Å². The number of cyclic esters (lactones) is 1. The summed E-state index contributed by atoms with van der Waals surface area (Å²) in [5.74, 6) is 0.454. The first-order chi connectivity index (χ1) is 15.6. The highest BCUT2D eigenvalue weighted by Gasteiger charge is 2.34. The summed E-state index contributed by atoms with van der Waals surface area (Å²) in [7, 11) is 0. The van der Waals surface area contributed by atoms with Gasteiger partial charge in [0.1, 0.15) is 6.10 Å². The fourth-order valence-electron chi connectivity index (χ4n) is 4.81. The number of hydrogen-bond acceptors (Lipinski definition) is 5. The number of rotatable bonds is 4. The van der Waals surface area contributed by atoms with E-state index < -0.39 is 0 Å². The topological polar surface area (TPSA) is 96.2 Å². The minimum Gasteiger partial charge on any atom is -0.443 e. The maximum atomic E-state index is 12.4. The van der Waals surface area contributed by atoms with Gasteiger partial charge in [0.2, 0.25) is 0 Å². The molecular weight excluding hydrogens is 402 g/mol. The van der Waals surface area contributed by atoms with Crippen molar-refractivity contribution in [1.82, 2.24) is 9.88 Å². The van der Waals surface area contributed by atoms with Crippen LogP contribution in [0.25, 0.3) is 10.9 Å². The number of fused-ring (bicyclic) bond motifs is 1. The Hall–Kier alpha value is -3.81. The third-order valence-corrected chi connectivity index (χ3v) is 6.51. The molecule has 2 saturated heterocycles. The summed E-state index contributed by atoms with van der Waals surface area (Å²) in [6.07, 6.45) is 3.65. The number of aromatic nitrogens is 1. The van der Waals surface area contributed by atoms with E-state index in [-0.39, 0.29) is 12.2 Å². The van der Waals surface area contributed by atoms with Gasteiger partial charge in [-0.1, -0.05) is 0 Å². The van der Waals surface area contributed by atoms with Gasteiger partial charge in [0.15, 0.2) is 0 Å². The molecule has 3 heterocycles. The molecule has 3 aromatic rings. The average molecular weight is 425 g/mol. The molecule has 0 saturated carbocycles. The van der Waals surface area contributed by atoms with E-state index in [1.54, 1.807) is 29.2 Å². The molecule has 0 unspecified atom stereocenters. The largest absolute Gasteiger partial charge is 0.443 e. The van der Waals surface area contributed by atoms with Crippen molar-refractivity contribution in [3.8, 4) is 12.1 Å². The zero-order valence-corrected chi connectivity index (χ0v) is 17.6. The molecule has 0 aliphatic carbocycles. The van der Waals surface area contributed by atoms with Crippen molar-refractivity contribution in [3.05, 3.63) is 65.4 Å². The highest BCUT2D eigenvalue weighted by atomic mass is 16.6. The zero-order chi connectivity index (χ0) is 22.1. The SMILES string of the molecule is N#Cc1ccc(N2C[C@H](CN3CCC(c4c[nH]c5ccc(C#N)cc45)CC3)OC2=O)cc1. The Morgan fingerprint density at radius 3 is 2.47 bits per heavy atom. The number of likely N-dealkylation sites (tertiary alicyclic amines) is 1. The summed E-state index contributed by atoms with van der Waals surface area (Å²) in [5, 5.41) is 19.3. The number of hydrogen-bond donors (Lipinski definition) is 1. The zero-order valence-electron chi connectivity index (χ0n) is 17.6. The monoisotopic (exact) mass is 425 g/mol. The van der Waals surface area contributed by atoms with Crippen molar-refractivity contribution < 1.29 is 9.53 Å². The van der Waals surface area contributed by atoms with Crippen molar-refractivity contribution in [2.75, 3.05) is 31.1 Å². The number of piperidine rings is 1. The molecule has 1 amide bonds. The molecule has 2 aliphatic heterocycles. The summed E-state index contributed by atoms with van der Waals surface area (Å²) in [6, 6.07) is 17.1. The van der Waals surface area contributed by atoms with Gasteiger partial charge < -0.3 is 9.72 Å². The lowest BCUT2D eigenvalue weighted by molar-refractivity contribution is 0.0977. The van der Waals surface area contributed by atoms with Crippen LogP contribution in [0.5, 0.6) is 0 Å². The standard InChI is InChI=1S/C25H23N5O2/c26-12-17-1-4-20(5-2-17)30-16-21(32-25(30)31)15-29-9-7-19(8-10-29)23-14-28-24-6-3-18(13-27)11-22(23)24/h1-6,11,14,19,21,28H,7-10,15-16H2/t21-/m0/s1. The van der Waals surface area contributed by atoms with E-state index >= 15 is 0 Å². The summed E-state index contributed by atoms with van der Waals surface area (Å²) in [6.45, 7) is 3.13. The van der Waals surface area contributed by atoms with Gasteiger partial charge in [0.05, 0.1) is 29.8 Å². The number of carbonyl (C=O) groups excluding carboxylic acids is 1. The molecule has 5 rings (SSSR count). The maximum absolute atomic E-state index is 12.4. The van der Waals surface area contributed by atoms with E-state index in [1.807, 2.05) is 18.2 Å². The van der Waals surface area contributed by atoms with Crippen LogP contribution in [0.4, 0.5) is 10.5 Å². The second kappa shape index (κ2) is 8.37. The molecule has 32 heavy (non-hydrogen) atoms. The first-order valence-electron chi connectivity index (χ1n) is 10.9. The molecule has 7 heteroatoms. The van der Waals surface area contributed by atoms with Crippen LogP contribution in [0.3, 0.4) is 0 Å². The molecule has 2 fully saturated rings. The minimum absolute atomic E-state index is 0.166. The van der Waals surface area contributed by atoms with E-state index in [2.05, 4.69) is 28.2 Å². The maximum Gasteiger partial charge on any atom is 0.414 e. The lowest BCUT2D eigenvalue weighted by atomic mass is 9.89. The Balaban J connectivity index is 1.19. The first-order valence-corrected chi connectivity index (χ1v) is 10.9. The molecule has 1 atom stereocenters. The fourth-order valence-corrected chi connectivity index (χ4v) is 4.81. The number of anilines is 1. The van der Waals surface area contributed by atoms with Crippen molar-refractivity contribution in [3.63, 3.8) is 0 Å². The van der Waals surface area contributed by atoms with Gasteiger partial charge in [-0.25, -0.2) is 4.79 Å². The number of nitrogens with zero attached hydrogens (tertiary/aromatic N) is 4. The Bertz CT molecular complexity index is 1230. The number of H-pyrrole nitrogens is 1. The molecule has 1 N–H and O–H groups in total. The highest BCUT2D eigenvalue weighted by molar-refractivity contribution is 5.89. The molecule has 7 nitrogen and oxygen atoms in total. The van der Waals surface area contributed by atoms with Crippen LogP contribution in [0.2, 0.25) is 0 Å². The molecule has 0 radical (unpaired) electrons. The number of nitrogens with one attached hydrogen (secondary N) is 1. The van der Waals surface area contributed by atoms with Crippen molar-refractivity contribution in [2.45, 2.75) is 24.9 Å². The first kappa shape index (κ1) is 20.1.